The number of anilines is 1. The first kappa shape index (κ1) is 24.4. The summed E-state index contributed by atoms with van der Waals surface area (Å²) in [5.41, 5.74) is 5.79. The van der Waals surface area contributed by atoms with Gasteiger partial charge in [0, 0.05) is 29.9 Å². The Kier molecular flexibility index (Phi) is 7.50. The summed E-state index contributed by atoms with van der Waals surface area (Å²) in [5, 5.41) is 5.05. The van der Waals surface area contributed by atoms with Crippen LogP contribution in [0.4, 0.5) is 5.69 Å². The highest BCUT2D eigenvalue weighted by Crippen LogP contribution is 2.27. The largest absolute Gasteiger partial charge is 0.368 e. The van der Waals surface area contributed by atoms with Crippen LogP contribution in [-0.4, -0.2) is 50.1 Å². The molecule has 1 aliphatic rings. The van der Waals surface area contributed by atoms with E-state index in [9.17, 15) is 22.8 Å². The maximum absolute atomic E-state index is 13.2. The van der Waals surface area contributed by atoms with Gasteiger partial charge in [-0.15, -0.1) is 0 Å². The molecule has 3 rings (SSSR count). The molecule has 0 aliphatic carbocycles. The Bertz CT molecular complexity index is 1150. The molecule has 10 heteroatoms. The Hall–Kier alpha value is -3.24. The lowest BCUT2D eigenvalue weighted by Gasteiger charge is -2.34. The molecule has 2 aromatic rings. The van der Waals surface area contributed by atoms with E-state index in [2.05, 4.69) is 10.6 Å². The highest BCUT2D eigenvalue weighted by molar-refractivity contribution is 7.89. The van der Waals surface area contributed by atoms with Crippen LogP contribution < -0.4 is 16.4 Å². The van der Waals surface area contributed by atoms with Gasteiger partial charge in [0.15, 0.2) is 0 Å². The van der Waals surface area contributed by atoms with Gasteiger partial charge in [-0.25, -0.2) is 8.42 Å². The van der Waals surface area contributed by atoms with Crippen molar-refractivity contribution in [2.45, 2.75) is 25.2 Å². The molecule has 1 heterocycles. The number of benzene rings is 2. The van der Waals surface area contributed by atoms with Crippen LogP contribution in [0.2, 0.25) is 0 Å². The first-order valence-electron chi connectivity index (χ1n) is 10.6. The SMILES string of the molecule is CC1CC(C)CN(S(=O)(=O)c2cccc(C(=O)Nc3cccc(C(=O)NCC(N)=O)c3)c2)C1. The molecule has 0 aromatic heterocycles. The number of sulfonamides is 1. The first-order chi connectivity index (χ1) is 15.6. The molecular formula is C23H28N4O5S. The van der Waals surface area contributed by atoms with Crippen molar-refractivity contribution in [3.8, 4) is 0 Å². The predicted molar refractivity (Wildman–Crippen MR) is 124 cm³/mol. The number of amides is 3. The third kappa shape index (κ3) is 6.17. The fraction of sp³-hybridized carbons (Fsp3) is 0.348. The Morgan fingerprint density at radius 1 is 0.970 bits per heavy atom. The van der Waals surface area contributed by atoms with E-state index < -0.39 is 27.7 Å². The maximum atomic E-state index is 13.2. The molecule has 0 bridgehead atoms. The van der Waals surface area contributed by atoms with Crippen molar-refractivity contribution in [2.24, 2.45) is 17.6 Å². The molecule has 1 saturated heterocycles. The van der Waals surface area contributed by atoms with E-state index in [4.69, 9.17) is 5.73 Å². The summed E-state index contributed by atoms with van der Waals surface area (Å²) in [5.74, 6) is -1.16. The zero-order valence-corrected chi connectivity index (χ0v) is 19.4. The number of rotatable bonds is 7. The minimum absolute atomic E-state index is 0.0658. The molecular weight excluding hydrogens is 444 g/mol. The van der Waals surface area contributed by atoms with Gasteiger partial charge in [-0.3, -0.25) is 14.4 Å². The smallest absolute Gasteiger partial charge is 0.255 e. The van der Waals surface area contributed by atoms with E-state index in [1.807, 2.05) is 13.8 Å². The van der Waals surface area contributed by atoms with E-state index >= 15 is 0 Å². The second-order valence-electron chi connectivity index (χ2n) is 8.48. The van der Waals surface area contributed by atoms with Crippen LogP contribution >= 0.6 is 0 Å². The van der Waals surface area contributed by atoms with E-state index in [1.54, 1.807) is 12.1 Å². The van der Waals surface area contributed by atoms with Crippen LogP contribution in [0.15, 0.2) is 53.4 Å². The average molecular weight is 473 g/mol. The predicted octanol–water partition coefficient (Wildman–Crippen LogP) is 1.82. The zero-order valence-electron chi connectivity index (χ0n) is 18.6. The third-order valence-corrected chi connectivity index (χ3v) is 7.20. The lowest BCUT2D eigenvalue weighted by molar-refractivity contribution is -0.117. The van der Waals surface area contributed by atoms with Crippen LogP contribution in [0.1, 0.15) is 41.0 Å². The quantitative estimate of drug-likeness (QED) is 0.564. The minimum atomic E-state index is -3.73. The molecule has 4 N–H and O–H groups in total. The van der Waals surface area contributed by atoms with Crippen molar-refractivity contribution in [3.63, 3.8) is 0 Å². The molecule has 33 heavy (non-hydrogen) atoms. The molecule has 0 radical (unpaired) electrons. The van der Waals surface area contributed by atoms with Gasteiger partial charge < -0.3 is 16.4 Å². The van der Waals surface area contributed by atoms with Gasteiger partial charge in [0.05, 0.1) is 11.4 Å². The number of nitrogens with two attached hydrogens (primary N) is 1. The fourth-order valence-corrected chi connectivity index (χ4v) is 5.69. The Morgan fingerprint density at radius 2 is 1.58 bits per heavy atom. The molecule has 1 aliphatic heterocycles. The second kappa shape index (κ2) is 10.1. The van der Waals surface area contributed by atoms with Crippen molar-refractivity contribution in [3.05, 3.63) is 59.7 Å². The maximum Gasteiger partial charge on any atom is 0.255 e. The molecule has 176 valence electrons. The van der Waals surface area contributed by atoms with Gasteiger partial charge in [-0.05, 0) is 54.7 Å². The number of nitrogens with zero attached hydrogens (tertiary/aromatic N) is 1. The Labute approximate surface area is 193 Å². The molecule has 3 amide bonds. The molecule has 2 unspecified atom stereocenters. The molecule has 2 aromatic carbocycles. The van der Waals surface area contributed by atoms with Gasteiger partial charge in [0.1, 0.15) is 0 Å². The van der Waals surface area contributed by atoms with Crippen molar-refractivity contribution in [1.29, 1.82) is 0 Å². The topological polar surface area (TPSA) is 139 Å². The normalized spacial score (nSPS) is 19.0. The summed E-state index contributed by atoms with van der Waals surface area (Å²) in [6.07, 6.45) is 0.980. The van der Waals surface area contributed by atoms with Gasteiger partial charge >= 0.3 is 0 Å². The van der Waals surface area contributed by atoms with Crippen LogP contribution in [-0.2, 0) is 14.8 Å². The van der Waals surface area contributed by atoms with Crippen molar-refractivity contribution in [1.82, 2.24) is 9.62 Å². The van der Waals surface area contributed by atoms with Gasteiger partial charge in [0.2, 0.25) is 15.9 Å². The first-order valence-corrected chi connectivity index (χ1v) is 12.1. The monoisotopic (exact) mass is 472 g/mol. The van der Waals surface area contributed by atoms with Crippen LogP contribution in [0, 0.1) is 11.8 Å². The van der Waals surface area contributed by atoms with Crippen molar-refractivity contribution >= 4 is 33.4 Å². The number of piperidine rings is 1. The summed E-state index contributed by atoms with van der Waals surface area (Å²) in [4.78, 5) is 35.8. The molecule has 2 atom stereocenters. The number of primary amides is 1. The Morgan fingerprint density at radius 3 is 2.21 bits per heavy atom. The van der Waals surface area contributed by atoms with Crippen LogP contribution in [0.3, 0.4) is 0 Å². The highest BCUT2D eigenvalue weighted by atomic mass is 32.2. The van der Waals surface area contributed by atoms with Crippen LogP contribution in [0.25, 0.3) is 0 Å². The van der Waals surface area contributed by atoms with E-state index in [0.717, 1.165) is 6.42 Å². The van der Waals surface area contributed by atoms with E-state index in [1.165, 1.54) is 40.7 Å². The van der Waals surface area contributed by atoms with E-state index in [0.29, 0.717) is 18.8 Å². The number of carbonyl (C=O) groups excluding carboxylic acids is 3. The molecule has 1 fully saturated rings. The van der Waals surface area contributed by atoms with Crippen molar-refractivity contribution < 1.29 is 22.8 Å². The highest BCUT2D eigenvalue weighted by Gasteiger charge is 2.32. The summed E-state index contributed by atoms with van der Waals surface area (Å²) in [7, 11) is -3.73. The number of hydrogen-bond donors (Lipinski definition) is 3. The summed E-state index contributed by atoms with van der Waals surface area (Å²) in [6.45, 7) is 4.67. The zero-order chi connectivity index (χ0) is 24.2. The number of hydrogen-bond acceptors (Lipinski definition) is 5. The molecule has 0 saturated carbocycles. The summed E-state index contributed by atoms with van der Waals surface area (Å²) >= 11 is 0. The van der Waals surface area contributed by atoms with Crippen LogP contribution in [0.5, 0.6) is 0 Å². The average Bonchev–Trinajstić information content (AvgIpc) is 2.77. The van der Waals surface area contributed by atoms with Gasteiger partial charge in [0.25, 0.3) is 11.8 Å². The standard InChI is InChI=1S/C23H28N4O5S/c1-15-9-16(2)14-27(13-15)33(31,32)20-8-4-6-18(11-20)23(30)26-19-7-3-5-17(10-19)22(29)25-12-21(24)28/h3-8,10-11,15-16H,9,12-14H2,1-2H3,(H2,24,28)(H,25,29)(H,26,30). The number of nitrogens with one attached hydrogen (secondary N) is 2. The summed E-state index contributed by atoms with van der Waals surface area (Å²) < 4.78 is 27.8. The van der Waals surface area contributed by atoms with Gasteiger partial charge in [-0.1, -0.05) is 26.0 Å². The van der Waals surface area contributed by atoms with E-state index in [-0.39, 0.29) is 34.4 Å². The van der Waals surface area contributed by atoms with Crippen molar-refractivity contribution in [2.75, 3.05) is 25.0 Å². The van der Waals surface area contributed by atoms with Gasteiger partial charge in [-0.2, -0.15) is 4.31 Å². The lowest BCUT2D eigenvalue weighted by atomic mass is 9.94. The minimum Gasteiger partial charge on any atom is -0.368 e. The molecule has 0 spiro atoms. The molecule has 9 nitrogen and oxygen atoms in total. The number of carbonyl (C=O) groups is 3. The Balaban J connectivity index is 1.76. The summed E-state index contributed by atoms with van der Waals surface area (Å²) in [6, 6.07) is 12.1. The fourth-order valence-electron chi connectivity index (χ4n) is 3.96. The lowest BCUT2D eigenvalue weighted by Crippen LogP contribution is -2.42. The second-order valence-corrected chi connectivity index (χ2v) is 10.4. The third-order valence-electron chi connectivity index (χ3n) is 5.38.